The number of benzene rings is 1. The van der Waals surface area contributed by atoms with Crippen molar-refractivity contribution in [2.24, 2.45) is 0 Å². The van der Waals surface area contributed by atoms with Crippen LogP contribution >= 0.6 is 22.6 Å². The van der Waals surface area contributed by atoms with Crippen LogP contribution in [0.2, 0.25) is 0 Å². The van der Waals surface area contributed by atoms with E-state index in [1.54, 1.807) is 31.2 Å². The molecule has 0 saturated heterocycles. The van der Waals surface area contributed by atoms with Crippen molar-refractivity contribution in [1.29, 1.82) is 0 Å². The molecule has 0 spiro atoms. The van der Waals surface area contributed by atoms with Crippen molar-refractivity contribution in [3.8, 4) is 0 Å². The predicted octanol–water partition coefficient (Wildman–Crippen LogP) is 1.88. The summed E-state index contributed by atoms with van der Waals surface area (Å²) in [4.78, 5) is 22.4. The molecule has 1 amide bonds. The van der Waals surface area contributed by atoms with Crippen molar-refractivity contribution >= 4 is 34.5 Å². The van der Waals surface area contributed by atoms with E-state index in [0.29, 0.717) is 12.0 Å². The van der Waals surface area contributed by atoms with Gasteiger partial charge in [0.2, 0.25) is 0 Å². The Labute approximate surface area is 107 Å². The first-order valence-electron chi connectivity index (χ1n) is 4.83. The molecule has 4 nitrogen and oxygen atoms in total. The molecular formula is C11H12INO3. The molecule has 5 heteroatoms. The van der Waals surface area contributed by atoms with E-state index in [0.717, 1.165) is 3.57 Å². The minimum Gasteiger partial charge on any atom is -0.480 e. The summed E-state index contributed by atoms with van der Waals surface area (Å²) in [7, 11) is 0. The van der Waals surface area contributed by atoms with Crippen LogP contribution in [0.3, 0.4) is 0 Å². The second kappa shape index (κ2) is 5.83. The van der Waals surface area contributed by atoms with Crippen molar-refractivity contribution in [2.45, 2.75) is 19.4 Å². The van der Waals surface area contributed by atoms with Crippen LogP contribution in [0.1, 0.15) is 23.7 Å². The van der Waals surface area contributed by atoms with E-state index in [9.17, 15) is 9.59 Å². The van der Waals surface area contributed by atoms with Crippen molar-refractivity contribution in [3.63, 3.8) is 0 Å². The Morgan fingerprint density at radius 1 is 1.38 bits per heavy atom. The van der Waals surface area contributed by atoms with Crippen molar-refractivity contribution in [1.82, 2.24) is 5.32 Å². The quantitative estimate of drug-likeness (QED) is 0.827. The standard InChI is InChI=1S/C11H12INO3/c1-2-9(11(15)16)13-10(14)7-3-5-8(12)6-4-7/h3-6,9H,2H2,1H3,(H,13,14)(H,15,16). The number of rotatable bonds is 4. The maximum Gasteiger partial charge on any atom is 0.326 e. The van der Waals surface area contributed by atoms with Gasteiger partial charge in [0.25, 0.3) is 5.91 Å². The number of carboxylic acid groups (broad SMARTS) is 1. The van der Waals surface area contributed by atoms with Crippen LogP contribution in [0.5, 0.6) is 0 Å². The van der Waals surface area contributed by atoms with E-state index in [2.05, 4.69) is 27.9 Å². The third-order valence-corrected chi connectivity index (χ3v) is 2.84. The summed E-state index contributed by atoms with van der Waals surface area (Å²) in [6.45, 7) is 1.72. The number of hydrogen-bond donors (Lipinski definition) is 2. The van der Waals surface area contributed by atoms with Gasteiger partial charge in [-0.05, 0) is 53.3 Å². The van der Waals surface area contributed by atoms with Gasteiger partial charge in [-0.3, -0.25) is 4.79 Å². The number of carboxylic acids is 1. The van der Waals surface area contributed by atoms with Gasteiger partial charge in [-0.1, -0.05) is 6.92 Å². The SMILES string of the molecule is CCC(NC(=O)c1ccc(I)cc1)C(=O)O. The summed E-state index contributed by atoms with van der Waals surface area (Å²) in [5.74, 6) is -1.37. The minimum absolute atomic E-state index is 0.356. The highest BCUT2D eigenvalue weighted by atomic mass is 127. The molecule has 0 radical (unpaired) electrons. The van der Waals surface area contributed by atoms with Gasteiger partial charge >= 0.3 is 5.97 Å². The van der Waals surface area contributed by atoms with Gasteiger partial charge in [-0.15, -0.1) is 0 Å². The molecule has 1 unspecified atom stereocenters. The zero-order valence-electron chi connectivity index (χ0n) is 8.74. The van der Waals surface area contributed by atoms with Crippen LogP contribution in [-0.4, -0.2) is 23.0 Å². The lowest BCUT2D eigenvalue weighted by molar-refractivity contribution is -0.139. The first-order chi connectivity index (χ1) is 7.54. The fraction of sp³-hybridized carbons (Fsp3) is 0.273. The van der Waals surface area contributed by atoms with Gasteiger partial charge in [0, 0.05) is 9.13 Å². The third-order valence-electron chi connectivity index (χ3n) is 2.12. The molecular weight excluding hydrogens is 321 g/mol. The van der Waals surface area contributed by atoms with E-state index < -0.39 is 12.0 Å². The molecule has 0 aromatic heterocycles. The van der Waals surface area contributed by atoms with E-state index in [1.165, 1.54) is 0 Å². The fourth-order valence-electron chi connectivity index (χ4n) is 1.18. The maximum atomic E-state index is 11.7. The van der Waals surface area contributed by atoms with Gasteiger partial charge < -0.3 is 10.4 Å². The van der Waals surface area contributed by atoms with Gasteiger partial charge in [-0.25, -0.2) is 4.79 Å². The first kappa shape index (κ1) is 13.0. The molecule has 1 aromatic carbocycles. The fourth-order valence-corrected chi connectivity index (χ4v) is 1.54. The molecule has 2 N–H and O–H groups in total. The average Bonchev–Trinajstić information content (AvgIpc) is 2.26. The molecule has 0 heterocycles. The molecule has 0 aliphatic carbocycles. The molecule has 16 heavy (non-hydrogen) atoms. The van der Waals surface area contributed by atoms with Gasteiger partial charge in [0.15, 0.2) is 0 Å². The van der Waals surface area contributed by atoms with Gasteiger partial charge in [-0.2, -0.15) is 0 Å². The summed E-state index contributed by atoms with van der Waals surface area (Å²) in [5, 5.41) is 11.3. The van der Waals surface area contributed by atoms with E-state index in [4.69, 9.17) is 5.11 Å². The Morgan fingerprint density at radius 3 is 2.38 bits per heavy atom. The number of nitrogens with one attached hydrogen (secondary N) is 1. The van der Waals surface area contributed by atoms with Crippen LogP contribution < -0.4 is 5.32 Å². The summed E-state index contributed by atoms with van der Waals surface area (Å²) >= 11 is 2.14. The molecule has 86 valence electrons. The normalized spacial score (nSPS) is 11.9. The zero-order valence-corrected chi connectivity index (χ0v) is 10.9. The van der Waals surface area contributed by atoms with Crippen molar-refractivity contribution < 1.29 is 14.7 Å². The molecule has 0 bridgehead atoms. The van der Waals surface area contributed by atoms with Gasteiger partial charge in [0.1, 0.15) is 6.04 Å². The number of halogens is 1. The van der Waals surface area contributed by atoms with Crippen LogP contribution in [0, 0.1) is 3.57 Å². The molecule has 1 rings (SSSR count). The first-order valence-corrected chi connectivity index (χ1v) is 5.91. The van der Waals surface area contributed by atoms with Gasteiger partial charge in [0.05, 0.1) is 0 Å². The van der Waals surface area contributed by atoms with Crippen LogP contribution in [-0.2, 0) is 4.79 Å². The number of hydrogen-bond acceptors (Lipinski definition) is 2. The number of carbonyl (C=O) groups is 2. The average molecular weight is 333 g/mol. The Morgan fingerprint density at radius 2 is 1.94 bits per heavy atom. The Balaban J connectivity index is 2.71. The van der Waals surface area contributed by atoms with E-state index in [-0.39, 0.29) is 5.91 Å². The lowest BCUT2D eigenvalue weighted by atomic mass is 10.1. The second-order valence-electron chi connectivity index (χ2n) is 3.28. The monoisotopic (exact) mass is 333 g/mol. The minimum atomic E-state index is -1.01. The topological polar surface area (TPSA) is 66.4 Å². The number of amides is 1. The highest BCUT2D eigenvalue weighted by molar-refractivity contribution is 14.1. The molecule has 0 aliphatic heterocycles. The smallest absolute Gasteiger partial charge is 0.326 e. The molecule has 0 aliphatic rings. The summed E-state index contributed by atoms with van der Waals surface area (Å²) in [6, 6.07) is 6.12. The Kier molecular flexibility index (Phi) is 4.72. The predicted molar refractivity (Wildman–Crippen MR) is 68.3 cm³/mol. The zero-order chi connectivity index (χ0) is 12.1. The van der Waals surface area contributed by atoms with Crippen LogP contribution in [0.4, 0.5) is 0 Å². The van der Waals surface area contributed by atoms with Crippen molar-refractivity contribution in [3.05, 3.63) is 33.4 Å². The molecule has 1 atom stereocenters. The summed E-state index contributed by atoms with van der Waals surface area (Å²) in [5.41, 5.74) is 0.472. The maximum absolute atomic E-state index is 11.7. The van der Waals surface area contributed by atoms with Crippen LogP contribution in [0.25, 0.3) is 0 Å². The molecule has 1 aromatic rings. The molecule has 0 fully saturated rings. The van der Waals surface area contributed by atoms with E-state index >= 15 is 0 Å². The van der Waals surface area contributed by atoms with E-state index in [1.807, 2.05) is 0 Å². The Bertz CT molecular complexity index is 389. The van der Waals surface area contributed by atoms with Crippen LogP contribution in [0.15, 0.2) is 24.3 Å². The summed E-state index contributed by atoms with van der Waals surface area (Å²) in [6.07, 6.45) is 0.367. The summed E-state index contributed by atoms with van der Waals surface area (Å²) < 4.78 is 1.03. The highest BCUT2D eigenvalue weighted by Gasteiger charge is 2.18. The highest BCUT2D eigenvalue weighted by Crippen LogP contribution is 2.07. The lowest BCUT2D eigenvalue weighted by Gasteiger charge is -2.12. The van der Waals surface area contributed by atoms with Crippen molar-refractivity contribution in [2.75, 3.05) is 0 Å². The largest absolute Gasteiger partial charge is 0.480 e. The lowest BCUT2D eigenvalue weighted by Crippen LogP contribution is -2.40. The number of aliphatic carboxylic acids is 1. The molecule has 0 saturated carbocycles. The second-order valence-corrected chi connectivity index (χ2v) is 4.53. The Hall–Kier alpha value is -1.11. The third kappa shape index (κ3) is 3.48. The number of carbonyl (C=O) groups excluding carboxylic acids is 1.